The lowest BCUT2D eigenvalue weighted by molar-refractivity contribution is -0.132. The zero-order chi connectivity index (χ0) is 20.7. The third-order valence-electron chi connectivity index (χ3n) is 4.58. The Hall–Kier alpha value is -2.84. The minimum atomic E-state index is -1.10. The first-order valence-corrected chi connectivity index (χ1v) is 9.00. The number of carbonyl (C=O) groups is 2. The molecule has 1 aliphatic carbocycles. The summed E-state index contributed by atoms with van der Waals surface area (Å²) in [5.41, 5.74) is 7.38. The predicted molar refractivity (Wildman–Crippen MR) is 104 cm³/mol. The molecule has 1 aromatic carbocycles. The molecule has 0 bridgehead atoms. The number of benzene rings is 1. The minimum absolute atomic E-state index is 0.220. The Bertz CT molecular complexity index is 829. The van der Waals surface area contributed by atoms with Crippen molar-refractivity contribution in [3.05, 3.63) is 35.4 Å². The highest BCUT2D eigenvalue weighted by molar-refractivity contribution is 5.97. The number of amides is 2. The fraction of sp³-hybridized carbons (Fsp3) is 0.429. The van der Waals surface area contributed by atoms with Gasteiger partial charge in [-0.15, -0.1) is 0 Å². The number of hydrogen-bond acceptors (Lipinski definition) is 5. The maximum atomic E-state index is 12.4. The summed E-state index contributed by atoms with van der Waals surface area (Å²) in [6.07, 6.45) is 1.84. The van der Waals surface area contributed by atoms with Gasteiger partial charge in [-0.25, -0.2) is 5.48 Å². The van der Waals surface area contributed by atoms with Gasteiger partial charge in [0.15, 0.2) is 0 Å². The Morgan fingerprint density at radius 3 is 2.43 bits per heavy atom. The van der Waals surface area contributed by atoms with Crippen molar-refractivity contribution in [2.75, 3.05) is 6.61 Å². The van der Waals surface area contributed by atoms with Crippen LogP contribution < -0.4 is 16.5 Å². The predicted octanol–water partition coefficient (Wildman–Crippen LogP) is 0.401. The van der Waals surface area contributed by atoms with Crippen LogP contribution in [0.4, 0.5) is 0 Å². The van der Waals surface area contributed by atoms with E-state index in [1.165, 1.54) is 5.48 Å². The van der Waals surface area contributed by atoms with Gasteiger partial charge in [-0.2, -0.15) is 0 Å². The van der Waals surface area contributed by atoms with Crippen LogP contribution in [0.2, 0.25) is 0 Å². The summed E-state index contributed by atoms with van der Waals surface area (Å²) in [5, 5.41) is 20.3. The van der Waals surface area contributed by atoms with E-state index in [1.807, 2.05) is 0 Å². The molecular formula is C21H25N3O4. The molecule has 7 nitrogen and oxygen atoms in total. The molecule has 6 N–H and O–H groups in total. The summed E-state index contributed by atoms with van der Waals surface area (Å²) in [4.78, 5) is 24.1. The second-order valence-corrected chi connectivity index (χ2v) is 7.52. The first-order valence-electron chi connectivity index (χ1n) is 9.00. The molecular weight excluding hydrogens is 358 g/mol. The molecule has 148 valence electrons. The molecule has 0 spiro atoms. The van der Waals surface area contributed by atoms with E-state index in [9.17, 15) is 9.59 Å². The summed E-state index contributed by atoms with van der Waals surface area (Å²) in [6.45, 7) is 3.36. The van der Waals surface area contributed by atoms with E-state index in [0.29, 0.717) is 23.0 Å². The largest absolute Gasteiger partial charge is 0.396 e. The minimum Gasteiger partial charge on any atom is -0.396 e. The van der Waals surface area contributed by atoms with Gasteiger partial charge < -0.3 is 16.2 Å². The molecule has 1 saturated carbocycles. The molecule has 0 radical (unpaired) electrons. The molecule has 1 fully saturated rings. The van der Waals surface area contributed by atoms with Gasteiger partial charge >= 0.3 is 0 Å². The van der Waals surface area contributed by atoms with E-state index in [4.69, 9.17) is 16.0 Å². The average Bonchev–Trinajstić information content (AvgIpc) is 2.63. The zero-order valence-electron chi connectivity index (χ0n) is 16.0. The average molecular weight is 383 g/mol. The van der Waals surface area contributed by atoms with Crippen molar-refractivity contribution in [2.24, 2.45) is 17.6 Å². The van der Waals surface area contributed by atoms with Gasteiger partial charge in [0.25, 0.3) is 11.8 Å². The molecule has 1 atom stereocenters. The van der Waals surface area contributed by atoms with Gasteiger partial charge in [-0.05, 0) is 68.7 Å². The van der Waals surface area contributed by atoms with Crippen molar-refractivity contribution >= 4 is 11.8 Å². The molecule has 7 heteroatoms. The van der Waals surface area contributed by atoms with Crippen LogP contribution in [0.15, 0.2) is 24.3 Å². The van der Waals surface area contributed by atoms with E-state index >= 15 is 0 Å². The Labute approximate surface area is 164 Å². The van der Waals surface area contributed by atoms with Crippen LogP contribution in [0.5, 0.6) is 0 Å². The van der Waals surface area contributed by atoms with Crippen molar-refractivity contribution in [3.63, 3.8) is 0 Å². The van der Waals surface area contributed by atoms with Crippen LogP contribution in [-0.4, -0.2) is 40.3 Å². The summed E-state index contributed by atoms with van der Waals surface area (Å²) in [5.74, 6) is 11.0. The number of hydroxylamine groups is 1. The fourth-order valence-corrected chi connectivity index (χ4v) is 2.82. The van der Waals surface area contributed by atoms with Crippen LogP contribution in [-0.2, 0) is 4.79 Å². The smallest absolute Gasteiger partial charge is 0.267 e. The number of carbonyl (C=O) groups excluding carboxylic acids is 2. The molecule has 1 unspecified atom stereocenters. The van der Waals surface area contributed by atoms with Crippen LogP contribution >= 0.6 is 0 Å². The molecule has 1 aliphatic rings. The maximum absolute atomic E-state index is 12.4. The fourth-order valence-electron chi connectivity index (χ4n) is 2.82. The van der Waals surface area contributed by atoms with E-state index < -0.39 is 23.4 Å². The number of rotatable bonds is 5. The molecule has 0 saturated heterocycles. The van der Waals surface area contributed by atoms with E-state index in [0.717, 1.165) is 12.8 Å². The topological polar surface area (TPSA) is 125 Å². The zero-order valence-corrected chi connectivity index (χ0v) is 16.0. The lowest BCUT2D eigenvalue weighted by Gasteiger charge is -2.29. The Morgan fingerprint density at radius 1 is 1.25 bits per heavy atom. The Balaban J connectivity index is 1.97. The van der Waals surface area contributed by atoms with E-state index in [-0.39, 0.29) is 6.61 Å². The second kappa shape index (κ2) is 9.38. The first-order chi connectivity index (χ1) is 13.2. The van der Waals surface area contributed by atoms with Gasteiger partial charge in [0.2, 0.25) is 0 Å². The van der Waals surface area contributed by atoms with E-state index in [1.54, 1.807) is 38.1 Å². The summed E-state index contributed by atoms with van der Waals surface area (Å²) in [7, 11) is 0. The van der Waals surface area contributed by atoms with Crippen LogP contribution in [0, 0.1) is 35.5 Å². The van der Waals surface area contributed by atoms with Crippen molar-refractivity contribution in [3.8, 4) is 23.7 Å². The molecule has 0 aromatic heterocycles. The molecule has 0 aliphatic heterocycles. The lowest BCUT2D eigenvalue weighted by atomic mass is 9.76. The van der Waals surface area contributed by atoms with Crippen molar-refractivity contribution in [1.29, 1.82) is 0 Å². The van der Waals surface area contributed by atoms with Gasteiger partial charge in [-0.1, -0.05) is 11.8 Å². The van der Waals surface area contributed by atoms with Crippen LogP contribution in [0.3, 0.4) is 0 Å². The van der Waals surface area contributed by atoms with Crippen molar-refractivity contribution in [1.82, 2.24) is 10.8 Å². The number of nitrogens with two attached hydrogens (primary N) is 1. The number of aliphatic hydroxyl groups excluding tert-OH is 1. The number of aliphatic hydroxyl groups is 1. The molecule has 1 aromatic rings. The van der Waals surface area contributed by atoms with Gasteiger partial charge in [-0.3, -0.25) is 14.8 Å². The second-order valence-electron chi connectivity index (χ2n) is 7.52. The highest BCUT2D eigenvalue weighted by Crippen LogP contribution is 2.32. The lowest BCUT2D eigenvalue weighted by Crippen LogP contribution is -2.61. The van der Waals surface area contributed by atoms with Gasteiger partial charge in [0, 0.05) is 29.2 Å². The number of nitrogens with one attached hydrogen (secondary N) is 2. The molecule has 2 rings (SSSR count). The molecule has 0 heterocycles. The highest BCUT2D eigenvalue weighted by atomic mass is 16.5. The normalized spacial score (nSPS) is 19.0. The summed E-state index contributed by atoms with van der Waals surface area (Å²) < 4.78 is 0. The van der Waals surface area contributed by atoms with Crippen molar-refractivity contribution in [2.45, 2.75) is 38.3 Å². The van der Waals surface area contributed by atoms with Gasteiger partial charge in [0.1, 0.15) is 6.04 Å². The van der Waals surface area contributed by atoms with Crippen molar-refractivity contribution < 1.29 is 19.9 Å². The molecule has 2 amide bonds. The maximum Gasteiger partial charge on any atom is 0.267 e. The monoisotopic (exact) mass is 383 g/mol. The summed E-state index contributed by atoms with van der Waals surface area (Å²) >= 11 is 0. The van der Waals surface area contributed by atoms with E-state index in [2.05, 4.69) is 29.0 Å². The Morgan fingerprint density at radius 2 is 1.89 bits per heavy atom. The molecule has 28 heavy (non-hydrogen) atoms. The Kier molecular flexibility index (Phi) is 7.19. The SMILES string of the molecule is CC(C)(N)C(NC(=O)c1ccc(C#CC#CC2CC(CO)C2)cc1)C(=O)NO. The standard InChI is InChI=1S/C21H25N3O4/c1-21(2,22)18(20(27)24-28)23-19(26)17-9-7-14(8-10-17)5-3-4-6-15-11-16(12-15)13-25/h7-10,15-16,18,25,28H,11-13,22H2,1-2H3,(H,23,26)(H,24,27). The first kappa shape index (κ1) is 21.5. The number of hydrogen-bond donors (Lipinski definition) is 5. The summed E-state index contributed by atoms with van der Waals surface area (Å²) in [6, 6.07) is 5.44. The highest BCUT2D eigenvalue weighted by Gasteiger charge is 2.33. The van der Waals surface area contributed by atoms with Gasteiger partial charge in [0.05, 0.1) is 0 Å². The third kappa shape index (κ3) is 5.83. The van der Waals surface area contributed by atoms with Crippen LogP contribution in [0.1, 0.15) is 42.6 Å². The van der Waals surface area contributed by atoms with Crippen LogP contribution in [0.25, 0.3) is 0 Å². The third-order valence-corrected chi connectivity index (χ3v) is 4.58. The quantitative estimate of drug-likeness (QED) is 0.286.